The molecule has 6 N–H and O–H groups in total. The molecule has 2 aliphatic heterocycles. The summed E-state index contributed by atoms with van der Waals surface area (Å²) in [5.74, 6) is 1.68. The molecule has 5 rings (SSSR count). The van der Waals surface area contributed by atoms with E-state index in [1.54, 1.807) is 50.6 Å². The van der Waals surface area contributed by atoms with Crippen molar-refractivity contribution in [2.45, 2.75) is 87.1 Å². The molecule has 3 aromatic carbocycles. The van der Waals surface area contributed by atoms with E-state index in [0.717, 1.165) is 29.7 Å². The highest BCUT2D eigenvalue weighted by atomic mass is 32.2. The van der Waals surface area contributed by atoms with Crippen LogP contribution in [0.15, 0.2) is 59.7 Å². The molecule has 0 aromatic heterocycles. The number of methoxy groups -OCH3 is 4. The molecule has 3 aromatic rings. The Kier molecular flexibility index (Phi) is 17.5. The number of nitrogens with one attached hydrogen (secondary N) is 5. The molecule has 61 heavy (non-hydrogen) atoms. The molecular weight excluding hydrogens is 805 g/mol. The summed E-state index contributed by atoms with van der Waals surface area (Å²) < 4.78 is 22.1. The van der Waals surface area contributed by atoms with Crippen LogP contribution in [0.25, 0.3) is 10.4 Å². The van der Waals surface area contributed by atoms with Gasteiger partial charge >= 0.3 is 6.03 Å². The Bertz CT molecular complexity index is 2010. The Morgan fingerprint density at radius 2 is 1.62 bits per heavy atom. The number of rotatable bonds is 24. The van der Waals surface area contributed by atoms with Crippen molar-refractivity contribution in [2.75, 3.05) is 47.3 Å². The van der Waals surface area contributed by atoms with Crippen LogP contribution >= 0.6 is 11.8 Å². The number of urea groups is 1. The summed E-state index contributed by atoms with van der Waals surface area (Å²) in [5, 5.41) is 29.2. The largest absolute Gasteiger partial charge is 0.504 e. The van der Waals surface area contributed by atoms with Gasteiger partial charge in [0.05, 0.1) is 40.5 Å². The number of phenolic OH excluding ortho intramolecular Hbond substituents is 1. The fourth-order valence-electron chi connectivity index (χ4n) is 7.68. The van der Waals surface area contributed by atoms with Crippen LogP contribution < -0.4 is 45.5 Å². The fourth-order valence-corrected chi connectivity index (χ4v) is 9.23. The highest BCUT2D eigenvalue weighted by Crippen LogP contribution is 2.42. The van der Waals surface area contributed by atoms with Crippen molar-refractivity contribution in [3.8, 4) is 28.7 Å². The highest BCUT2D eigenvalue weighted by Gasteiger charge is 2.42. The molecular formula is C43H56N8O9S. The van der Waals surface area contributed by atoms with Crippen LogP contribution in [-0.2, 0) is 16.0 Å². The molecule has 2 aliphatic rings. The van der Waals surface area contributed by atoms with E-state index in [1.165, 1.54) is 14.2 Å². The number of carbonyl (C=O) groups excluding carboxylic acids is 4. The number of phenols is 1. The first-order valence-electron chi connectivity index (χ1n) is 20.4. The average Bonchev–Trinajstić information content (AvgIpc) is 3.82. The smallest absolute Gasteiger partial charge is 0.315 e. The van der Waals surface area contributed by atoms with Crippen LogP contribution in [0.3, 0.4) is 0 Å². The second kappa shape index (κ2) is 23.1. The molecule has 2 fully saturated rings. The summed E-state index contributed by atoms with van der Waals surface area (Å²) in [4.78, 5) is 54.3. The average molecular weight is 861 g/mol. The fraction of sp³-hybridized carbons (Fsp3) is 0.488. The van der Waals surface area contributed by atoms with Gasteiger partial charge in [-0.3, -0.25) is 14.4 Å². The number of hydrogen-bond donors (Lipinski definition) is 6. The zero-order valence-electron chi connectivity index (χ0n) is 35.0. The molecule has 2 saturated heterocycles. The van der Waals surface area contributed by atoms with Crippen LogP contribution in [0.5, 0.6) is 28.7 Å². The second-order valence-corrected chi connectivity index (χ2v) is 16.2. The number of nitrogens with zero attached hydrogens (tertiary/aromatic N) is 3. The lowest BCUT2D eigenvalue weighted by atomic mass is 9.88. The lowest BCUT2D eigenvalue weighted by molar-refractivity contribution is -0.129. The summed E-state index contributed by atoms with van der Waals surface area (Å²) >= 11 is 1.83. The van der Waals surface area contributed by atoms with E-state index >= 15 is 0 Å². The molecule has 0 spiro atoms. The molecule has 0 saturated carbocycles. The summed E-state index contributed by atoms with van der Waals surface area (Å²) in [6, 6.07) is 14.6. The first kappa shape index (κ1) is 46.1. The van der Waals surface area contributed by atoms with Crippen LogP contribution in [0.2, 0.25) is 0 Å². The van der Waals surface area contributed by atoms with Crippen molar-refractivity contribution in [1.29, 1.82) is 0 Å². The maximum Gasteiger partial charge on any atom is 0.315 e. The van der Waals surface area contributed by atoms with Gasteiger partial charge in [0.2, 0.25) is 17.6 Å². The molecule has 18 heteroatoms. The Morgan fingerprint density at radius 3 is 2.30 bits per heavy atom. The predicted octanol–water partition coefficient (Wildman–Crippen LogP) is 6.01. The Morgan fingerprint density at radius 1 is 0.885 bits per heavy atom. The first-order valence-corrected chi connectivity index (χ1v) is 21.5. The number of thioether (sulfide) groups is 1. The number of hydrogen-bond acceptors (Lipinski definition) is 11. The monoisotopic (exact) mass is 860 g/mol. The molecule has 5 amide bonds. The van der Waals surface area contributed by atoms with Crippen molar-refractivity contribution in [3.63, 3.8) is 0 Å². The van der Waals surface area contributed by atoms with E-state index in [9.17, 15) is 24.3 Å². The summed E-state index contributed by atoms with van der Waals surface area (Å²) in [6.45, 7) is 0.628. The quantitative estimate of drug-likeness (QED) is 0.0202. The third-order valence-corrected chi connectivity index (χ3v) is 12.4. The molecule has 2 heterocycles. The molecule has 0 radical (unpaired) electrons. The van der Waals surface area contributed by atoms with Gasteiger partial charge in [-0.15, -0.1) is 0 Å². The minimum Gasteiger partial charge on any atom is -0.504 e. The van der Waals surface area contributed by atoms with Crippen molar-refractivity contribution < 1.29 is 43.2 Å². The van der Waals surface area contributed by atoms with Gasteiger partial charge in [0.1, 0.15) is 6.04 Å². The molecule has 0 bridgehead atoms. The zero-order chi connectivity index (χ0) is 43.7. The van der Waals surface area contributed by atoms with E-state index in [1.807, 2.05) is 30.0 Å². The third-order valence-electron chi connectivity index (χ3n) is 10.9. The van der Waals surface area contributed by atoms with E-state index in [4.69, 9.17) is 24.5 Å². The SMILES string of the molecule is COc1ccc(CC(CCNC(=O)[C@H](CCCCNC(=O)c2ccc(N=[N+]=[N-])cc2)NC(=O)CCCC[C@@H]2SC[C@@H]3NC(=O)N[C@@H]32)c2cc(OC)c(OC)c(OC)c2)cc1O. The van der Waals surface area contributed by atoms with E-state index in [2.05, 4.69) is 36.6 Å². The predicted molar refractivity (Wildman–Crippen MR) is 232 cm³/mol. The number of ether oxygens (including phenoxy) is 4. The second-order valence-electron chi connectivity index (χ2n) is 14.9. The lowest BCUT2D eigenvalue weighted by Crippen LogP contribution is -2.47. The number of carbonyl (C=O) groups is 4. The summed E-state index contributed by atoms with van der Waals surface area (Å²) in [7, 11) is 6.12. The molecule has 17 nitrogen and oxygen atoms in total. The minimum absolute atomic E-state index is 0.0154. The van der Waals surface area contributed by atoms with Crippen molar-refractivity contribution >= 4 is 41.2 Å². The molecule has 328 valence electrons. The van der Waals surface area contributed by atoms with Crippen molar-refractivity contribution in [1.82, 2.24) is 26.6 Å². The van der Waals surface area contributed by atoms with Crippen LogP contribution in [-0.4, -0.2) is 99.5 Å². The van der Waals surface area contributed by atoms with Crippen molar-refractivity contribution in [2.24, 2.45) is 5.11 Å². The third kappa shape index (κ3) is 13.0. The van der Waals surface area contributed by atoms with E-state index < -0.39 is 6.04 Å². The maximum atomic E-state index is 13.8. The highest BCUT2D eigenvalue weighted by molar-refractivity contribution is 8.00. The molecule has 0 aliphatic carbocycles. The van der Waals surface area contributed by atoms with Gasteiger partial charge in [0, 0.05) is 46.7 Å². The van der Waals surface area contributed by atoms with Gasteiger partial charge in [0.25, 0.3) is 5.91 Å². The molecule has 5 atom stereocenters. The first-order chi connectivity index (χ1) is 29.6. The van der Waals surface area contributed by atoms with Gasteiger partial charge in [-0.25, -0.2) is 4.79 Å². The maximum absolute atomic E-state index is 13.8. The van der Waals surface area contributed by atoms with Crippen LogP contribution in [0, 0.1) is 0 Å². The lowest BCUT2D eigenvalue weighted by Gasteiger charge is -2.23. The van der Waals surface area contributed by atoms with Gasteiger partial charge in [-0.1, -0.05) is 29.7 Å². The van der Waals surface area contributed by atoms with Crippen LogP contribution in [0.1, 0.15) is 78.8 Å². The normalized spacial score (nSPS) is 17.4. The van der Waals surface area contributed by atoms with E-state index in [-0.39, 0.29) is 60.5 Å². The van der Waals surface area contributed by atoms with E-state index in [0.29, 0.717) is 84.6 Å². The van der Waals surface area contributed by atoms with Gasteiger partial charge in [-0.05, 0) is 104 Å². The topological polar surface area (TPSA) is 234 Å². The van der Waals surface area contributed by atoms with Gasteiger partial charge in [0.15, 0.2) is 23.0 Å². The Labute approximate surface area is 360 Å². The number of amides is 5. The standard InChI is InChI=1S/C43H56N8O9S/c1-57-34-17-12-26(22-33(34)52)21-28(29-23-35(58-2)40(60-4)36(24-29)59-3)18-20-46-42(55)31(9-7-8-19-45-41(54)27-13-15-30(16-14-27)50-51-44)47-38(53)11-6-5-10-37-39-32(25-61-37)48-43(56)49-39/h12-17,22-24,28,31-32,37,39,52H,5-11,18-21,25H2,1-4H3,(H,45,54)(H,46,55)(H,47,53)(H2,48,49,56)/t28?,31-,32-,37-,39-/m0/s1. The number of aromatic hydroxyl groups is 1. The zero-order valence-corrected chi connectivity index (χ0v) is 35.8. The number of azide groups is 1. The summed E-state index contributed by atoms with van der Waals surface area (Å²) in [6.07, 6.45) is 5.03. The minimum atomic E-state index is -0.805. The van der Waals surface area contributed by atoms with Crippen molar-refractivity contribution in [3.05, 3.63) is 81.7 Å². The number of benzene rings is 3. The Balaban J connectivity index is 1.21. The van der Waals surface area contributed by atoms with Gasteiger partial charge < -0.3 is 50.6 Å². The number of unbranched alkanes of at least 4 members (excludes halogenated alkanes) is 2. The molecule has 1 unspecified atom stereocenters. The summed E-state index contributed by atoms with van der Waals surface area (Å²) in [5.41, 5.74) is 11.2. The van der Waals surface area contributed by atoms with Gasteiger partial charge in [-0.2, -0.15) is 11.8 Å². The Hall–Kier alpha value is -6.00. The van der Waals surface area contributed by atoms with Crippen LogP contribution in [0.4, 0.5) is 10.5 Å². The number of fused-ring (bicyclic) bond motifs is 1.